The zero-order valence-electron chi connectivity index (χ0n) is 10.8. The Hall–Kier alpha value is -1.47. The van der Waals surface area contributed by atoms with Crippen LogP contribution in [0.25, 0.3) is 0 Å². The van der Waals surface area contributed by atoms with Crippen molar-refractivity contribution in [3.05, 3.63) is 64.7 Å². The van der Waals surface area contributed by atoms with E-state index in [2.05, 4.69) is 43.4 Å². The van der Waals surface area contributed by atoms with Gasteiger partial charge in [-0.15, -0.1) is 0 Å². The fraction of sp³-hybridized carbons (Fsp3) is 0.250. The van der Waals surface area contributed by atoms with Gasteiger partial charge in [0.05, 0.1) is 10.7 Å². The summed E-state index contributed by atoms with van der Waals surface area (Å²) in [5, 5.41) is 4.19. The highest BCUT2D eigenvalue weighted by Gasteiger charge is 2.06. The van der Waals surface area contributed by atoms with E-state index in [0.29, 0.717) is 0 Å². The van der Waals surface area contributed by atoms with E-state index < -0.39 is 0 Å². The molecule has 94 valence electrons. The van der Waals surface area contributed by atoms with Gasteiger partial charge >= 0.3 is 0 Å². The molecule has 0 aliphatic rings. The van der Waals surface area contributed by atoms with E-state index in [-0.39, 0.29) is 6.04 Å². The van der Waals surface area contributed by atoms with Gasteiger partial charge in [-0.05, 0) is 36.6 Å². The SMILES string of the molecule is CCc1ccc(C(C)Nc2ccccc2Cl)cc1. The summed E-state index contributed by atoms with van der Waals surface area (Å²) in [6.07, 6.45) is 1.08. The van der Waals surface area contributed by atoms with Gasteiger partial charge in [0.25, 0.3) is 0 Å². The highest BCUT2D eigenvalue weighted by atomic mass is 35.5. The van der Waals surface area contributed by atoms with Crippen molar-refractivity contribution in [2.45, 2.75) is 26.3 Å². The first-order valence-corrected chi connectivity index (χ1v) is 6.68. The van der Waals surface area contributed by atoms with Gasteiger partial charge in [0.1, 0.15) is 0 Å². The van der Waals surface area contributed by atoms with Crippen LogP contribution in [0.3, 0.4) is 0 Å². The lowest BCUT2D eigenvalue weighted by Gasteiger charge is -2.17. The summed E-state index contributed by atoms with van der Waals surface area (Å²) < 4.78 is 0. The van der Waals surface area contributed by atoms with Gasteiger partial charge in [-0.2, -0.15) is 0 Å². The van der Waals surface area contributed by atoms with Gasteiger partial charge in [0.2, 0.25) is 0 Å². The summed E-state index contributed by atoms with van der Waals surface area (Å²) in [5.74, 6) is 0. The lowest BCUT2D eigenvalue weighted by molar-refractivity contribution is 0.883. The van der Waals surface area contributed by atoms with E-state index in [0.717, 1.165) is 17.1 Å². The van der Waals surface area contributed by atoms with Gasteiger partial charge in [0.15, 0.2) is 0 Å². The Labute approximate surface area is 114 Å². The highest BCUT2D eigenvalue weighted by molar-refractivity contribution is 6.33. The molecule has 0 spiro atoms. The number of aryl methyl sites for hydroxylation is 1. The Morgan fingerprint density at radius 2 is 1.72 bits per heavy atom. The van der Waals surface area contributed by atoms with Crippen molar-refractivity contribution < 1.29 is 0 Å². The molecular weight excluding hydrogens is 242 g/mol. The molecule has 2 rings (SSSR count). The van der Waals surface area contributed by atoms with Crippen molar-refractivity contribution in [3.8, 4) is 0 Å². The summed E-state index contributed by atoms with van der Waals surface area (Å²) in [7, 11) is 0. The van der Waals surface area contributed by atoms with Crippen LogP contribution in [0.15, 0.2) is 48.5 Å². The van der Waals surface area contributed by atoms with Crippen LogP contribution in [0.5, 0.6) is 0 Å². The molecule has 0 aliphatic carbocycles. The van der Waals surface area contributed by atoms with Crippen LogP contribution in [0.2, 0.25) is 5.02 Å². The molecule has 1 atom stereocenters. The predicted octanol–water partition coefficient (Wildman–Crippen LogP) is 5.08. The maximum atomic E-state index is 6.14. The molecule has 0 amide bonds. The standard InChI is InChI=1S/C16H18ClN/c1-3-13-8-10-14(11-9-13)12(2)18-16-7-5-4-6-15(16)17/h4-12,18H,3H2,1-2H3. The zero-order chi connectivity index (χ0) is 13.0. The summed E-state index contributed by atoms with van der Waals surface area (Å²) >= 11 is 6.14. The molecule has 1 unspecified atom stereocenters. The average Bonchev–Trinajstić information content (AvgIpc) is 2.41. The molecule has 0 fully saturated rings. The molecule has 0 saturated carbocycles. The third kappa shape index (κ3) is 3.05. The summed E-state index contributed by atoms with van der Waals surface area (Å²) in [4.78, 5) is 0. The lowest BCUT2D eigenvalue weighted by atomic mass is 10.0. The van der Waals surface area contributed by atoms with Crippen LogP contribution in [-0.2, 0) is 6.42 Å². The van der Waals surface area contributed by atoms with Crippen LogP contribution < -0.4 is 5.32 Å². The third-order valence-electron chi connectivity index (χ3n) is 3.13. The van der Waals surface area contributed by atoms with Crippen molar-refractivity contribution in [1.82, 2.24) is 0 Å². The number of rotatable bonds is 4. The minimum atomic E-state index is 0.246. The first kappa shape index (κ1) is 13.0. The maximum absolute atomic E-state index is 6.14. The number of hydrogen-bond acceptors (Lipinski definition) is 1. The summed E-state index contributed by atoms with van der Waals surface area (Å²) in [6.45, 7) is 4.31. The van der Waals surface area contributed by atoms with Crippen molar-refractivity contribution in [3.63, 3.8) is 0 Å². The smallest absolute Gasteiger partial charge is 0.0637 e. The number of nitrogens with one attached hydrogen (secondary N) is 1. The zero-order valence-corrected chi connectivity index (χ0v) is 11.5. The van der Waals surface area contributed by atoms with Crippen LogP contribution >= 0.6 is 11.6 Å². The molecule has 1 N–H and O–H groups in total. The second-order valence-corrected chi connectivity index (χ2v) is 4.85. The first-order chi connectivity index (χ1) is 8.70. The number of anilines is 1. The second kappa shape index (κ2) is 5.92. The van der Waals surface area contributed by atoms with Crippen LogP contribution in [0, 0.1) is 0 Å². The fourth-order valence-corrected chi connectivity index (χ4v) is 2.13. The molecule has 2 aromatic carbocycles. The third-order valence-corrected chi connectivity index (χ3v) is 3.46. The van der Waals surface area contributed by atoms with Crippen LogP contribution in [-0.4, -0.2) is 0 Å². The Morgan fingerprint density at radius 1 is 1.06 bits per heavy atom. The molecule has 0 radical (unpaired) electrons. The van der Waals surface area contributed by atoms with E-state index in [9.17, 15) is 0 Å². The molecule has 1 nitrogen and oxygen atoms in total. The fourth-order valence-electron chi connectivity index (χ4n) is 1.94. The second-order valence-electron chi connectivity index (χ2n) is 4.44. The van der Waals surface area contributed by atoms with Gasteiger partial charge in [0, 0.05) is 6.04 Å². The molecular formula is C16H18ClN. The van der Waals surface area contributed by atoms with Crippen molar-refractivity contribution in [2.24, 2.45) is 0 Å². The number of para-hydroxylation sites is 1. The van der Waals surface area contributed by atoms with Crippen molar-refractivity contribution >= 4 is 17.3 Å². The molecule has 2 aromatic rings. The lowest BCUT2D eigenvalue weighted by Crippen LogP contribution is -2.06. The first-order valence-electron chi connectivity index (χ1n) is 6.30. The Kier molecular flexibility index (Phi) is 4.27. The minimum Gasteiger partial charge on any atom is -0.377 e. The van der Waals surface area contributed by atoms with Gasteiger partial charge in [-0.1, -0.05) is 54.9 Å². The van der Waals surface area contributed by atoms with E-state index >= 15 is 0 Å². The van der Waals surface area contributed by atoms with Crippen LogP contribution in [0.4, 0.5) is 5.69 Å². The Bertz CT molecular complexity index is 505. The Balaban J connectivity index is 2.11. The monoisotopic (exact) mass is 259 g/mol. The molecule has 2 heteroatoms. The minimum absolute atomic E-state index is 0.246. The van der Waals surface area contributed by atoms with Crippen LogP contribution in [0.1, 0.15) is 31.0 Å². The molecule has 0 saturated heterocycles. The normalized spacial score (nSPS) is 12.2. The van der Waals surface area contributed by atoms with E-state index in [4.69, 9.17) is 11.6 Å². The van der Waals surface area contributed by atoms with E-state index in [1.165, 1.54) is 11.1 Å². The van der Waals surface area contributed by atoms with E-state index in [1.54, 1.807) is 0 Å². The molecule has 0 aromatic heterocycles. The summed E-state index contributed by atoms with van der Waals surface area (Å²) in [6, 6.07) is 16.8. The van der Waals surface area contributed by atoms with Gasteiger partial charge < -0.3 is 5.32 Å². The molecule has 0 heterocycles. The quantitative estimate of drug-likeness (QED) is 0.808. The van der Waals surface area contributed by atoms with Crippen molar-refractivity contribution in [2.75, 3.05) is 5.32 Å². The largest absolute Gasteiger partial charge is 0.377 e. The van der Waals surface area contributed by atoms with Crippen molar-refractivity contribution in [1.29, 1.82) is 0 Å². The molecule has 18 heavy (non-hydrogen) atoms. The highest BCUT2D eigenvalue weighted by Crippen LogP contribution is 2.25. The summed E-state index contributed by atoms with van der Waals surface area (Å²) in [5.41, 5.74) is 3.61. The molecule has 0 aliphatic heterocycles. The topological polar surface area (TPSA) is 12.0 Å². The average molecular weight is 260 g/mol. The molecule has 0 bridgehead atoms. The predicted molar refractivity (Wildman–Crippen MR) is 79.3 cm³/mol. The number of hydrogen-bond donors (Lipinski definition) is 1. The number of benzene rings is 2. The Morgan fingerprint density at radius 3 is 2.33 bits per heavy atom. The van der Waals surface area contributed by atoms with E-state index in [1.807, 2.05) is 24.3 Å². The van der Waals surface area contributed by atoms with Gasteiger partial charge in [-0.3, -0.25) is 0 Å². The maximum Gasteiger partial charge on any atom is 0.0637 e. The van der Waals surface area contributed by atoms with Gasteiger partial charge in [-0.25, -0.2) is 0 Å². The number of halogens is 1.